The van der Waals surface area contributed by atoms with Crippen LogP contribution in [0.4, 0.5) is 0 Å². The van der Waals surface area contributed by atoms with Crippen molar-refractivity contribution in [2.75, 3.05) is 0 Å². The summed E-state index contributed by atoms with van der Waals surface area (Å²) >= 11 is -0.826. The van der Waals surface area contributed by atoms with Gasteiger partial charge in [0, 0.05) is 9.52 Å². The van der Waals surface area contributed by atoms with Crippen molar-refractivity contribution in [3.8, 4) is 0 Å². The predicted octanol–water partition coefficient (Wildman–Crippen LogP) is 9.29. The number of aryl methyl sites for hydroxylation is 4. The zero-order chi connectivity index (χ0) is 22.7. The molecule has 0 aliphatic rings. The van der Waals surface area contributed by atoms with Gasteiger partial charge in [-0.05, 0) is 13.8 Å². The Kier molecular flexibility index (Phi) is 13.1. The zero-order valence-corrected chi connectivity index (χ0v) is 24.1. The van der Waals surface area contributed by atoms with Crippen LogP contribution in [0.3, 0.4) is 0 Å². The molecule has 4 rings (SSSR count). The van der Waals surface area contributed by atoms with Crippen LogP contribution in [0.25, 0.3) is 21.5 Å². The summed E-state index contributed by atoms with van der Waals surface area (Å²) in [4.78, 5) is 0. The summed E-state index contributed by atoms with van der Waals surface area (Å²) in [6.45, 7) is 15.3. The summed E-state index contributed by atoms with van der Waals surface area (Å²) in [5, 5.41) is 5.51. The topological polar surface area (TPSA) is 0 Å². The van der Waals surface area contributed by atoms with Crippen molar-refractivity contribution < 1.29 is 20.8 Å². The Balaban J connectivity index is 0.000000225. The second-order valence-corrected chi connectivity index (χ2v) is 13.2. The molecule has 0 fully saturated rings. The van der Waals surface area contributed by atoms with Crippen molar-refractivity contribution in [2.45, 2.75) is 53.6 Å². The van der Waals surface area contributed by atoms with Gasteiger partial charge in [-0.25, -0.2) is 0 Å². The maximum absolute atomic E-state index is 4.93. The molecule has 0 aromatic heterocycles. The Morgan fingerprint density at radius 1 is 0.767 bits per heavy atom. The first-order valence-corrected chi connectivity index (χ1v) is 18.0. The van der Waals surface area contributed by atoms with Crippen LogP contribution < -0.4 is 0 Å². The molecule has 0 aliphatic carbocycles. The summed E-state index contributed by atoms with van der Waals surface area (Å²) in [5.41, 5.74) is 6.37. The fourth-order valence-electron chi connectivity index (χ4n) is 3.08. The van der Waals surface area contributed by atoms with Crippen LogP contribution in [-0.2, 0) is 20.8 Å². The van der Waals surface area contributed by atoms with Gasteiger partial charge < -0.3 is 0 Å². The normalized spacial score (nSPS) is 9.80. The van der Waals surface area contributed by atoms with E-state index in [0.29, 0.717) is 0 Å². The molecule has 0 bridgehead atoms. The fraction of sp³-hybridized carbons (Fsp3) is 0.308. The van der Waals surface area contributed by atoms with E-state index in [1.165, 1.54) is 43.8 Å². The van der Waals surface area contributed by atoms with Gasteiger partial charge in [0.1, 0.15) is 0 Å². The third-order valence-electron chi connectivity index (χ3n) is 4.80. The van der Waals surface area contributed by atoms with E-state index in [2.05, 4.69) is 109 Å². The molecule has 0 heterocycles. The van der Waals surface area contributed by atoms with Crippen LogP contribution in [0.5, 0.6) is 0 Å². The zero-order valence-electron chi connectivity index (χ0n) is 19.1. The first-order valence-electron chi connectivity index (χ1n) is 10.1. The molecule has 0 saturated carbocycles. The quantitative estimate of drug-likeness (QED) is 0.169. The Hall–Kier alpha value is -0.660. The number of rotatable bonds is 1. The second kappa shape index (κ2) is 14.4. The standard InChI is InChI=1S/2C11H11.C4H10Si.2ClH.Zr/c2*1-8-6-10-5-3-4-9(2)11(10)7-8;1-4(2)5-3;;;/h2*3-7H,1-2H3;4H,1-3H3;2*1H;/q2*-1;;;;+4/p-2. The first kappa shape index (κ1) is 27.4. The van der Waals surface area contributed by atoms with Gasteiger partial charge in [0.2, 0.25) is 0 Å². The molecule has 4 heteroatoms. The molecule has 4 aromatic rings. The minimum atomic E-state index is -0.826. The van der Waals surface area contributed by atoms with Crippen molar-refractivity contribution in [3.63, 3.8) is 0 Å². The van der Waals surface area contributed by atoms with Gasteiger partial charge in [-0.2, -0.15) is 12.1 Å². The summed E-state index contributed by atoms with van der Waals surface area (Å²) in [7, 11) is 11.0. The number of hydrogen-bond donors (Lipinski definition) is 0. The van der Waals surface area contributed by atoms with Gasteiger partial charge in [-0.15, -0.1) is 69.1 Å². The Morgan fingerprint density at radius 3 is 1.37 bits per heavy atom. The van der Waals surface area contributed by atoms with Gasteiger partial charge in [0.15, 0.2) is 0 Å². The third kappa shape index (κ3) is 9.23. The molecular weight excluding hydrogens is 503 g/mol. The van der Waals surface area contributed by atoms with Gasteiger partial charge in [0.05, 0.1) is 0 Å². The minimum absolute atomic E-state index is 0.826. The second-order valence-electron chi connectivity index (χ2n) is 7.74. The van der Waals surface area contributed by atoms with Crippen LogP contribution in [0.2, 0.25) is 12.1 Å². The number of benzene rings is 2. The average molecular weight is 535 g/mol. The summed E-state index contributed by atoms with van der Waals surface area (Å²) < 4.78 is 0. The number of halogens is 2. The molecule has 0 atom stereocenters. The van der Waals surface area contributed by atoms with Crippen LogP contribution in [0.1, 0.15) is 36.1 Å². The molecule has 30 heavy (non-hydrogen) atoms. The van der Waals surface area contributed by atoms with E-state index in [-0.39, 0.29) is 0 Å². The molecule has 0 amide bonds. The first-order chi connectivity index (χ1) is 14.2. The number of hydrogen-bond acceptors (Lipinski definition) is 0. The fourth-order valence-corrected chi connectivity index (χ4v) is 3.08. The molecule has 0 unspecified atom stereocenters. The van der Waals surface area contributed by atoms with Crippen molar-refractivity contribution >= 4 is 48.1 Å². The molecule has 0 nitrogen and oxygen atoms in total. The van der Waals surface area contributed by atoms with E-state index in [1.54, 1.807) is 0 Å². The SMILES string of the molecule is C[Si]C(C)C.Cc1cc2c(C)cccc2[cH-]1.Cc1cc2c(C)cccc2[cH-]1.[Cl][Zr+2][Cl]. The molecule has 0 saturated heterocycles. The molecular formula is C26H32Cl2SiZr. The summed E-state index contributed by atoms with van der Waals surface area (Å²) in [6.07, 6.45) is 0. The number of fused-ring (bicyclic) bond motifs is 2. The van der Waals surface area contributed by atoms with Gasteiger partial charge in [0.25, 0.3) is 0 Å². The average Bonchev–Trinajstić information content (AvgIpc) is 3.26. The molecule has 2 radical (unpaired) electrons. The molecule has 4 aromatic carbocycles. The van der Waals surface area contributed by atoms with E-state index >= 15 is 0 Å². The third-order valence-corrected chi connectivity index (χ3v) is 5.96. The van der Waals surface area contributed by atoms with E-state index in [1.807, 2.05) is 0 Å². The van der Waals surface area contributed by atoms with Gasteiger partial charge >= 0.3 is 37.9 Å². The van der Waals surface area contributed by atoms with Crippen molar-refractivity contribution in [1.29, 1.82) is 0 Å². The van der Waals surface area contributed by atoms with Gasteiger partial charge in [-0.3, -0.25) is 0 Å². The summed E-state index contributed by atoms with van der Waals surface area (Å²) in [5.74, 6) is 0. The van der Waals surface area contributed by atoms with E-state index in [9.17, 15) is 0 Å². The van der Waals surface area contributed by atoms with Crippen LogP contribution in [-0.4, -0.2) is 9.52 Å². The van der Waals surface area contributed by atoms with Crippen molar-refractivity contribution in [2.24, 2.45) is 0 Å². The molecule has 158 valence electrons. The summed E-state index contributed by atoms with van der Waals surface area (Å²) in [6, 6.07) is 21.8. The molecule has 0 aliphatic heterocycles. The maximum atomic E-state index is 4.93. The monoisotopic (exact) mass is 532 g/mol. The van der Waals surface area contributed by atoms with E-state index in [0.717, 1.165) is 15.1 Å². The van der Waals surface area contributed by atoms with Crippen molar-refractivity contribution in [3.05, 3.63) is 82.9 Å². The van der Waals surface area contributed by atoms with Crippen molar-refractivity contribution in [1.82, 2.24) is 0 Å². The molecule has 0 N–H and O–H groups in total. The Bertz CT molecular complexity index is 936. The molecule has 0 spiro atoms. The van der Waals surface area contributed by atoms with Crippen LogP contribution in [0, 0.1) is 27.7 Å². The van der Waals surface area contributed by atoms with Crippen LogP contribution in [0.15, 0.2) is 60.7 Å². The van der Waals surface area contributed by atoms with E-state index in [4.69, 9.17) is 17.0 Å². The van der Waals surface area contributed by atoms with E-state index < -0.39 is 20.8 Å². The van der Waals surface area contributed by atoms with Crippen LogP contribution >= 0.6 is 17.0 Å². The van der Waals surface area contributed by atoms with Gasteiger partial charge in [-0.1, -0.05) is 63.0 Å². The Labute approximate surface area is 204 Å². The Morgan fingerprint density at radius 2 is 1.10 bits per heavy atom. The predicted molar refractivity (Wildman–Crippen MR) is 136 cm³/mol.